The number of nitrogens with zero attached hydrogens (tertiary/aromatic N) is 1. The summed E-state index contributed by atoms with van der Waals surface area (Å²) in [5.41, 5.74) is -0.0963. The summed E-state index contributed by atoms with van der Waals surface area (Å²) in [6.45, 7) is 5.90. The molecule has 1 N–H and O–H groups in total. The number of halogens is 1. The highest BCUT2D eigenvalue weighted by molar-refractivity contribution is 6.30. The van der Waals surface area contributed by atoms with Crippen LogP contribution in [0.4, 0.5) is 0 Å². The van der Waals surface area contributed by atoms with E-state index in [2.05, 4.69) is 11.9 Å². The molecule has 2 rings (SSSR count). The van der Waals surface area contributed by atoms with Crippen LogP contribution in [0.5, 0.6) is 0 Å². The standard InChI is InChI=1S/C13H19ClN2O2/c1-7(2)10-11(14)15-13(18)16(12(10)17)9-6-4-5-8(9)3/h7-9H,4-6H2,1-3H3,(H,15,18). The van der Waals surface area contributed by atoms with Crippen LogP contribution in [-0.4, -0.2) is 9.55 Å². The van der Waals surface area contributed by atoms with Gasteiger partial charge in [-0.3, -0.25) is 14.3 Å². The first kappa shape index (κ1) is 13.4. The zero-order valence-corrected chi connectivity index (χ0v) is 11.8. The quantitative estimate of drug-likeness (QED) is 0.840. The molecule has 5 heteroatoms. The van der Waals surface area contributed by atoms with Crippen molar-refractivity contribution in [3.05, 3.63) is 31.6 Å². The molecule has 1 fully saturated rings. The topological polar surface area (TPSA) is 54.9 Å². The SMILES string of the molecule is CC(C)c1c(Cl)[nH]c(=O)n(C2CCCC2C)c1=O. The Balaban J connectivity index is 2.64. The fourth-order valence-electron chi connectivity index (χ4n) is 2.85. The van der Waals surface area contributed by atoms with Crippen LogP contribution in [0.3, 0.4) is 0 Å². The second-order valence-electron chi connectivity index (χ2n) is 5.46. The maximum Gasteiger partial charge on any atom is 0.329 e. The lowest BCUT2D eigenvalue weighted by molar-refractivity contribution is 0.381. The smallest absolute Gasteiger partial charge is 0.297 e. The van der Waals surface area contributed by atoms with Crippen LogP contribution < -0.4 is 11.2 Å². The Labute approximate surface area is 111 Å². The summed E-state index contributed by atoms with van der Waals surface area (Å²) in [7, 11) is 0. The second kappa shape index (κ2) is 4.92. The van der Waals surface area contributed by atoms with E-state index in [1.165, 1.54) is 4.57 Å². The Morgan fingerprint density at radius 3 is 2.50 bits per heavy atom. The van der Waals surface area contributed by atoms with Crippen LogP contribution in [-0.2, 0) is 0 Å². The summed E-state index contributed by atoms with van der Waals surface area (Å²) in [6.07, 6.45) is 3.02. The van der Waals surface area contributed by atoms with E-state index in [0.717, 1.165) is 19.3 Å². The third-order valence-electron chi connectivity index (χ3n) is 3.85. The third-order valence-corrected chi connectivity index (χ3v) is 4.14. The molecule has 0 aliphatic heterocycles. The van der Waals surface area contributed by atoms with Crippen LogP contribution in [0.25, 0.3) is 0 Å². The molecule has 2 atom stereocenters. The van der Waals surface area contributed by atoms with E-state index in [1.807, 2.05) is 13.8 Å². The van der Waals surface area contributed by atoms with E-state index in [0.29, 0.717) is 11.5 Å². The van der Waals surface area contributed by atoms with Crippen LogP contribution in [0.2, 0.25) is 5.15 Å². The van der Waals surface area contributed by atoms with Crippen LogP contribution >= 0.6 is 11.6 Å². The molecular weight excluding hydrogens is 252 g/mol. The first-order valence-corrected chi connectivity index (χ1v) is 6.85. The number of nitrogens with one attached hydrogen (secondary N) is 1. The largest absolute Gasteiger partial charge is 0.329 e. The average molecular weight is 271 g/mol. The van der Waals surface area contributed by atoms with Gasteiger partial charge in [-0.2, -0.15) is 0 Å². The van der Waals surface area contributed by atoms with Gasteiger partial charge in [-0.25, -0.2) is 4.79 Å². The lowest BCUT2D eigenvalue weighted by atomic mass is 10.0. The highest BCUT2D eigenvalue weighted by atomic mass is 35.5. The molecule has 1 heterocycles. The first-order chi connectivity index (χ1) is 8.43. The molecule has 0 spiro atoms. The van der Waals surface area contributed by atoms with Gasteiger partial charge in [-0.05, 0) is 24.7 Å². The fraction of sp³-hybridized carbons (Fsp3) is 0.692. The van der Waals surface area contributed by atoms with Crippen molar-refractivity contribution >= 4 is 11.6 Å². The molecule has 1 aromatic rings. The molecule has 2 unspecified atom stereocenters. The molecule has 1 saturated carbocycles. The highest BCUT2D eigenvalue weighted by Crippen LogP contribution is 2.33. The molecule has 0 bridgehead atoms. The van der Waals surface area contributed by atoms with Gasteiger partial charge in [0.1, 0.15) is 5.15 Å². The molecule has 18 heavy (non-hydrogen) atoms. The fourth-order valence-corrected chi connectivity index (χ4v) is 3.23. The molecule has 100 valence electrons. The first-order valence-electron chi connectivity index (χ1n) is 6.47. The van der Waals surface area contributed by atoms with Crippen molar-refractivity contribution in [2.45, 2.75) is 52.0 Å². The minimum absolute atomic E-state index is 0.00445. The minimum Gasteiger partial charge on any atom is -0.297 e. The summed E-state index contributed by atoms with van der Waals surface area (Å²) in [6, 6.07) is 0.0102. The van der Waals surface area contributed by atoms with Crippen molar-refractivity contribution in [3.63, 3.8) is 0 Å². The summed E-state index contributed by atoms with van der Waals surface area (Å²) in [4.78, 5) is 27.0. The minimum atomic E-state index is -0.381. The lowest BCUT2D eigenvalue weighted by Crippen LogP contribution is -2.41. The van der Waals surface area contributed by atoms with Gasteiger partial charge in [0, 0.05) is 6.04 Å². The Kier molecular flexibility index (Phi) is 3.66. The lowest BCUT2D eigenvalue weighted by Gasteiger charge is -2.19. The van der Waals surface area contributed by atoms with E-state index in [4.69, 9.17) is 11.6 Å². The Hall–Kier alpha value is -1.03. The van der Waals surface area contributed by atoms with Gasteiger partial charge in [0.05, 0.1) is 5.56 Å². The number of H-pyrrole nitrogens is 1. The van der Waals surface area contributed by atoms with Crippen molar-refractivity contribution < 1.29 is 0 Å². The molecule has 1 aliphatic rings. The van der Waals surface area contributed by atoms with Crippen LogP contribution in [0, 0.1) is 5.92 Å². The predicted octanol–water partition coefficient (Wildman–Crippen LogP) is 2.67. The molecular formula is C13H19ClN2O2. The van der Waals surface area contributed by atoms with E-state index in [-0.39, 0.29) is 28.4 Å². The summed E-state index contributed by atoms with van der Waals surface area (Å²) < 4.78 is 1.37. The Morgan fingerprint density at radius 1 is 1.33 bits per heavy atom. The monoisotopic (exact) mass is 270 g/mol. The molecule has 0 radical (unpaired) electrons. The van der Waals surface area contributed by atoms with Crippen LogP contribution in [0.15, 0.2) is 9.59 Å². The Morgan fingerprint density at radius 2 is 2.00 bits per heavy atom. The van der Waals surface area contributed by atoms with Crippen molar-refractivity contribution in [2.24, 2.45) is 5.92 Å². The van der Waals surface area contributed by atoms with Crippen LogP contribution in [0.1, 0.15) is 57.6 Å². The highest BCUT2D eigenvalue weighted by Gasteiger charge is 2.29. The van der Waals surface area contributed by atoms with E-state index >= 15 is 0 Å². The maximum atomic E-state index is 12.4. The average Bonchev–Trinajstić information content (AvgIpc) is 2.63. The van der Waals surface area contributed by atoms with Gasteiger partial charge in [0.15, 0.2) is 0 Å². The number of aromatic nitrogens is 2. The van der Waals surface area contributed by atoms with Gasteiger partial charge in [-0.1, -0.05) is 38.8 Å². The number of hydrogen-bond donors (Lipinski definition) is 1. The molecule has 1 aromatic heterocycles. The van der Waals surface area contributed by atoms with E-state index < -0.39 is 0 Å². The van der Waals surface area contributed by atoms with E-state index in [1.54, 1.807) is 0 Å². The second-order valence-corrected chi connectivity index (χ2v) is 5.84. The summed E-state index contributed by atoms with van der Waals surface area (Å²) in [5.74, 6) is 0.370. The van der Waals surface area contributed by atoms with Crippen molar-refractivity contribution in [2.75, 3.05) is 0 Å². The van der Waals surface area contributed by atoms with Crippen molar-refractivity contribution in [1.29, 1.82) is 0 Å². The number of rotatable bonds is 2. The summed E-state index contributed by atoms with van der Waals surface area (Å²) >= 11 is 5.98. The van der Waals surface area contributed by atoms with Gasteiger partial charge in [0.25, 0.3) is 5.56 Å². The van der Waals surface area contributed by atoms with Crippen molar-refractivity contribution in [3.8, 4) is 0 Å². The maximum absolute atomic E-state index is 12.4. The Bertz CT molecular complexity index is 559. The zero-order chi connectivity index (χ0) is 13.4. The van der Waals surface area contributed by atoms with Crippen molar-refractivity contribution in [1.82, 2.24) is 9.55 Å². The van der Waals surface area contributed by atoms with E-state index in [9.17, 15) is 9.59 Å². The normalized spacial score (nSPS) is 23.8. The zero-order valence-electron chi connectivity index (χ0n) is 11.0. The molecule has 1 aliphatic carbocycles. The van der Waals surface area contributed by atoms with Gasteiger partial charge < -0.3 is 0 Å². The van der Waals surface area contributed by atoms with Gasteiger partial charge in [-0.15, -0.1) is 0 Å². The molecule has 0 aromatic carbocycles. The number of aromatic amines is 1. The molecule has 0 saturated heterocycles. The predicted molar refractivity (Wildman–Crippen MR) is 72.5 cm³/mol. The third kappa shape index (κ3) is 2.14. The molecule has 4 nitrogen and oxygen atoms in total. The van der Waals surface area contributed by atoms with Gasteiger partial charge in [0.2, 0.25) is 0 Å². The van der Waals surface area contributed by atoms with Gasteiger partial charge >= 0.3 is 5.69 Å². The number of hydrogen-bond acceptors (Lipinski definition) is 2. The molecule has 0 amide bonds. The summed E-state index contributed by atoms with van der Waals surface area (Å²) in [5, 5.41) is 0.182.